The maximum Gasteiger partial charge on any atom is 0.266 e. The lowest BCUT2D eigenvalue weighted by atomic mass is 9.98. The van der Waals surface area contributed by atoms with E-state index in [1.807, 2.05) is 30.3 Å². The summed E-state index contributed by atoms with van der Waals surface area (Å²) >= 11 is 1.17. The van der Waals surface area contributed by atoms with Crippen molar-refractivity contribution in [2.24, 2.45) is 0 Å². The third-order valence-electron chi connectivity index (χ3n) is 6.01. The molecule has 1 aromatic heterocycles. The SMILES string of the molecule is CC[C@H](C)c1ccc(-n2c(SCC(=O)N[C@@H]3CCS(=O)(=O)C3)nc3ccccc3c2=O)cc1. The zero-order valence-corrected chi connectivity index (χ0v) is 20.3. The molecule has 4 rings (SSSR count). The third kappa shape index (κ3) is 5.30. The van der Waals surface area contributed by atoms with E-state index in [1.54, 1.807) is 22.8 Å². The minimum absolute atomic E-state index is 0.0229. The number of carbonyl (C=O) groups excluding carboxylic acids is 1. The molecule has 2 aromatic carbocycles. The number of para-hydroxylation sites is 1. The molecule has 3 aromatic rings. The average molecular weight is 486 g/mol. The van der Waals surface area contributed by atoms with E-state index in [2.05, 4.69) is 24.1 Å². The number of thioether (sulfide) groups is 1. The number of aromatic nitrogens is 2. The summed E-state index contributed by atoms with van der Waals surface area (Å²) in [5.74, 6) is 0.256. The largest absolute Gasteiger partial charge is 0.352 e. The quantitative estimate of drug-likeness (QED) is 0.407. The van der Waals surface area contributed by atoms with Crippen LogP contribution in [0.1, 0.15) is 38.2 Å². The van der Waals surface area contributed by atoms with Gasteiger partial charge in [0.2, 0.25) is 5.91 Å². The highest BCUT2D eigenvalue weighted by Gasteiger charge is 2.29. The Balaban J connectivity index is 1.63. The molecule has 0 saturated carbocycles. The van der Waals surface area contributed by atoms with Crippen molar-refractivity contribution in [1.29, 1.82) is 0 Å². The van der Waals surface area contributed by atoms with Crippen molar-refractivity contribution in [2.75, 3.05) is 17.3 Å². The molecular weight excluding hydrogens is 458 g/mol. The molecule has 0 spiro atoms. The first-order valence-corrected chi connectivity index (χ1v) is 13.8. The van der Waals surface area contributed by atoms with E-state index in [9.17, 15) is 18.0 Å². The maximum absolute atomic E-state index is 13.4. The molecule has 0 bridgehead atoms. The molecule has 1 saturated heterocycles. The summed E-state index contributed by atoms with van der Waals surface area (Å²) in [6.45, 7) is 4.30. The van der Waals surface area contributed by atoms with Gasteiger partial charge in [-0.2, -0.15) is 0 Å². The molecule has 0 unspecified atom stereocenters. The van der Waals surface area contributed by atoms with Gasteiger partial charge in [0.15, 0.2) is 15.0 Å². The number of nitrogens with one attached hydrogen (secondary N) is 1. The smallest absolute Gasteiger partial charge is 0.266 e. The molecule has 2 heterocycles. The molecule has 1 amide bonds. The number of rotatable bonds is 7. The van der Waals surface area contributed by atoms with Gasteiger partial charge in [0, 0.05) is 6.04 Å². The highest BCUT2D eigenvalue weighted by Crippen LogP contribution is 2.24. The van der Waals surface area contributed by atoms with E-state index in [-0.39, 0.29) is 34.8 Å². The second kappa shape index (κ2) is 9.69. The number of benzene rings is 2. The summed E-state index contributed by atoms with van der Waals surface area (Å²) in [6, 6.07) is 14.7. The molecule has 1 aliphatic rings. The topological polar surface area (TPSA) is 98.1 Å². The van der Waals surface area contributed by atoms with Gasteiger partial charge >= 0.3 is 0 Å². The van der Waals surface area contributed by atoms with E-state index >= 15 is 0 Å². The zero-order valence-electron chi connectivity index (χ0n) is 18.7. The summed E-state index contributed by atoms with van der Waals surface area (Å²) in [4.78, 5) is 30.5. The first-order chi connectivity index (χ1) is 15.8. The summed E-state index contributed by atoms with van der Waals surface area (Å²) in [7, 11) is -3.07. The van der Waals surface area contributed by atoms with Gasteiger partial charge in [-0.1, -0.05) is 49.9 Å². The Hall–Kier alpha value is -2.65. The van der Waals surface area contributed by atoms with Crippen molar-refractivity contribution in [3.63, 3.8) is 0 Å². The fourth-order valence-electron chi connectivity index (χ4n) is 3.93. The lowest BCUT2D eigenvalue weighted by Gasteiger charge is -2.15. The van der Waals surface area contributed by atoms with Crippen molar-refractivity contribution in [3.05, 3.63) is 64.4 Å². The number of hydrogen-bond acceptors (Lipinski definition) is 6. The lowest BCUT2D eigenvalue weighted by Crippen LogP contribution is -2.36. The van der Waals surface area contributed by atoms with Crippen LogP contribution in [-0.2, 0) is 14.6 Å². The highest BCUT2D eigenvalue weighted by atomic mass is 32.2. The predicted molar refractivity (Wildman–Crippen MR) is 132 cm³/mol. The van der Waals surface area contributed by atoms with Crippen molar-refractivity contribution < 1.29 is 13.2 Å². The van der Waals surface area contributed by atoms with E-state index in [0.717, 1.165) is 6.42 Å². The molecule has 1 fully saturated rings. The minimum atomic E-state index is -3.07. The predicted octanol–water partition coefficient (Wildman–Crippen LogP) is 3.29. The molecule has 174 valence electrons. The van der Waals surface area contributed by atoms with Gasteiger partial charge in [0.25, 0.3) is 5.56 Å². The fourth-order valence-corrected chi connectivity index (χ4v) is 6.43. The van der Waals surface area contributed by atoms with Gasteiger partial charge in [-0.25, -0.2) is 13.4 Å². The van der Waals surface area contributed by atoms with Crippen molar-refractivity contribution in [2.45, 2.75) is 43.8 Å². The molecule has 33 heavy (non-hydrogen) atoms. The zero-order chi connectivity index (χ0) is 23.6. The molecule has 0 aliphatic carbocycles. The molecule has 7 nitrogen and oxygen atoms in total. The van der Waals surface area contributed by atoms with Crippen LogP contribution in [0.4, 0.5) is 0 Å². The van der Waals surface area contributed by atoms with Gasteiger partial charge in [0.1, 0.15) is 0 Å². The lowest BCUT2D eigenvalue weighted by molar-refractivity contribution is -0.119. The summed E-state index contributed by atoms with van der Waals surface area (Å²) in [6.07, 6.45) is 1.45. The van der Waals surface area contributed by atoms with Gasteiger partial charge in [-0.15, -0.1) is 0 Å². The van der Waals surface area contributed by atoms with E-state index in [0.29, 0.717) is 34.1 Å². The van der Waals surface area contributed by atoms with E-state index < -0.39 is 9.84 Å². The summed E-state index contributed by atoms with van der Waals surface area (Å²) < 4.78 is 24.8. The number of nitrogens with zero attached hydrogens (tertiary/aromatic N) is 2. The minimum Gasteiger partial charge on any atom is -0.352 e. The number of hydrogen-bond donors (Lipinski definition) is 1. The van der Waals surface area contributed by atoms with E-state index in [4.69, 9.17) is 0 Å². The van der Waals surface area contributed by atoms with Crippen LogP contribution in [0.2, 0.25) is 0 Å². The Morgan fingerprint density at radius 3 is 2.61 bits per heavy atom. The first kappa shape index (κ1) is 23.5. The van der Waals surface area contributed by atoms with Gasteiger partial charge in [-0.05, 0) is 48.6 Å². The van der Waals surface area contributed by atoms with Crippen LogP contribution in [0.25, 0.3) is 16.6 Å². The maximum atomic E-state index is 13.4. The Kier molecular flexibility index (Phi) is 6.90. The number of carbonyl (C=O) groups is 1. The molecule has 1 N–H and O–H groups in total. The van der Waals surface area contributed by atoms with Gasteiger partial charge in [0.05, 0.1) is 33.8 Å². The Bertz CT molecular complexity index is 1330. The number of amides is 1. The van der Waals surface area contributed by atoms with Crippen molar-refractivity contribution in [3.8, 4) is 5.69 Å². The third-order valence-corrected chi connectivity index (χ3v) is 8.71. The molecule has 1 aliphatic heterocycles. The van der Waals surface area contributed by atoms with E-state index in [1.165, 1.54) is 17.3 Å². The van der Waals surface area contributed by atoms with Crippen LogP contribution >= 0.6 is 11.8 Å². The van der Waals surface area contributed by atoms with Gasteiger partial charge < -0.3 is 5.32 Å². The molecule has 0 radical (unpaired) electrons. The average Bonchev–Trinajstić information content (AvgIpc) is 3.15. The standard InChI is InChI=1S/C24H27N3O4S2/c1-3-16(2)17-8-10-19(11-9-17)27-23(29)20-6-4-5-7-21(20)26-24(27)32-14-22(28)25-18-12-13-33(30,31)15-18/h4-11,16,18H,3,12-15H2,1-2H3,(H,25,28)/t16-,18+/m0/s1. The van der Waals surface area contributed by atoms with Crippen LogP contribution in [0.3, 0.4) is 0 Å². The second-order valence-corrected chi connectivity index (χ2v) is 11.6. The molecular formula is C24H27N3O4S2. The second-order valence-electron chi connectivity index (χ2n) is 8.41. The Labute approximate surface area is 197 Å². The monoisotopic (exact) mass is 485 g/mol. The number of fused-ring (bicyclic) bond motifs is 1. The molecule has 2 atom stereocenters. The van der Waals surface area contributed by atoms with Gasteiger partial charge in [-0.3, -0.25) is 14.2 Å². The van der Waals surface area contributed by atoms with Crippen molar-refractivity contribution >= 4 is 38.4 Å². The normalized spacial score (nSPS) is 18.3. The first-order valence-electron chi connectivity index (χ1n) is 11.0. The molecule has 9 heteroatoms. The van der Waals surface area contributed by atoms with Crippen LogP contribution in [0, 0.1) is 0 Å². The highest BCUT2D eigenvalue weighted by molar-refractivity contribution is 7.99. The van der Waals surface area contributed by atoms with Crippen LogP contribution in [0.5, 0.6) is 0 Å². The fraction of sp³-hybridized carbons (Fsp3) is 0.375. The number of sulfone groups is 1. The Morgan fingerprint density at radius 2 is 1.94 bits per heavy atom. The Morgan fingerprint density at radius 1 is 1.21 bits per heavy atom. The van der Waals surface area contributed by atoms with Crippen LogP contribution in [-0.4, -0.2) is 47.2 Å². The van der Waals surface area contributed by atoms with Crippen LogP contribution < -0.4 is 10.9 Å². The summed E-state index contributed by atoms with van der Waals surface area (Å²) in [5, 5.41) is 3.72. The van der Waals surface area contributed by atoms with Crippen molar-refractivity contribution in [1.82, 2.24) is 14.9 Å². The summed E-state index contributed by atoms with van der Waals surface area (Å²) in [5.41, 5.74) is 2.26. The van der Waals surface area contributed by atoms with Crippen LogP contribution in [0.15, 0.2) is 58.5 Å².